The Morgan fingerprint density at radius 1 is 1.54 bits per heavy atom. The summed E-state index contributed by atoms with van der Waals surface area (Å²) in [6, 6.07) is 5.49. The zero-order valence-electron chi connectivity index (χ0n) is 7.46. The second kappa shape index (κ2) is 4.77. The van der Waals surface area contributed by atoms with Gasteiger partial charge in [0.15, 0.2) is 0 Å². The van der Waals surface area contributed by atoms with E-state index < -0.39 is 0 Å². The van der Waals surface area contributed by atoms with Crippen LogP contribution in [0.4, 0.5) is 5.69 Å². The van der Waals surface area contributed by atoms with E-state index in [2.05, 4.69) is 0 Å². The molecule has 0 atom stereocenters. The first-order chi connectivity index (χ1) is 6.27. The Labute approximate surface area is 83.0 Å². The summed E-state index contributed by atoms with van der Waals surface area (Å²) in [6.45, 7) is 0. The summed E-state index contributed by atoms with van der Waals surface area (Å²) >= 11 is 5.53. The smallest absolute Gasteiger partial charge is 0.126 e. The van der Waals surface area contributed by atoms with Gasteiger partial charge in [0.05, 0.1) is 7.11 Å². The molecule has 0 unspecified atom stereocenters. The average Bonchev–Trinajstić information content (AvgIpc) is 2.15. The lowest BCUT2D eigenvalue weighted by molar-refractivity contribution is 0.414. The van der Waals surface area contributed by atoms with Crippen LogP contribution in [0.1, 0.15) is 5.56 Å². The molecule has 1 aromatic carbocycles. The van der Waals surface area contributed by atoms with Crippen molar-refractivity contribution in [3.8, 4) is 5.75 Å². The first kappa shape index (κ1) is 9.93. The molecule has 2 nitrogen and oxygen atoms in total. The van der Waals surface area contributed by atoms with E-state index in [9.17, 15) is 0 Å². The van der Waals surface area contributed by atoms with E-state index in [0.29, 0.717) is 5.88 Å². The highest BCUT2D eigenvalue weighted by molar-refractivity contribution is 6.19. The Morgan fingerprint density at radius 3 is 2.92 bits per heavy atom. The molecular formula is C10H12ClNO. The maximum atomic E-state index is 5.63. The summed E-state index contributed by atoms with van der Waals surface area (Å²) in [6.07, 6.45) is 3.74. The number of benzene rings is 1. The van der Waals surface area contributed by atoms with E-state index in [1.807, 2.05) is 24.3 Å². The first-order valence-electron chi connectivity index (χ1n) is 3.94. The molecule has 13 heavy (non-hydrogen) atoms. The van der Waals surface area contributed by atoms with Crippen molar-refractivity contribution >= 4 is 23.4 Å². The van der Waals surface area contributed by atoms with E-state index in [-0.39, 0.29) is 0 Å². The molecule has 0 saturated heterocycles. The van der Waals surface area contributed by atoms with Crippen molar-refractivity contribution in [3.63, 3.8) is 0 Å². The van der Waals surface area contributed by atoms with Crippen molar-refractivity contribution in [1.82, 2.24) is 0 Å². The summed E-state index contributed by atoms with van der Waals surface area (Å²) in [4.78, 5) is 0. The molecule has 0 aliphatic heterocycles. The quantitative estimate of drug-likeness (QED) is 0.597. The molecule has 3 heteroatoms. The summed E-state index contributed by atoms with van der Waals surface area (Å²) in [5.41, 5.74) is 7.30. The third-order valence-electron chi connectivity index (χ3n) is 1.64. The fourth-order valence-electron chi connectivity index (χ4n) is 1.05. The van der Waals surface area contributed by atoms with Gasteiger partial charge < -0.3 is 10.5 Å². The monoisotopic (exact) mass is 197 g/mol. The maximum absolute atomic E-state index is 5.63. The number of allylic oxidation sites excluding steroid dienone is 1. The van der Waals surface area contributed by atoms with E-state index in [1.165, 1.54) is 0 Å². The number of halogens is 1. The number of anilines is 1. The van der Waals surface area contributed by atoms with Gasteiger partial charge in [-0.2, -0.15) is 0 Å². The Hall–Kier alpha value is -1.15. The van der Waals surface area contributed by atoms with Gasteiger partial charge in [-0.3, -0.25) is 0 Å². The molecule has 0 spiro atoms. The number of methoxy groups -OCH3 is 1. The van der Waals surface area contributed by atoms with Crippen molar-refractivity contribution in [2.45, 2.75) is 0 Å². The fourth-order valence-corrected chi connectivity index (χ4v) is 1.14. The predicted molar refractivity (Wildman–Crippen MR) is 57.2 cm³/mol. The molecule has 0 aliphatic carbocycles. The molecule has 0 saturated carbocycles. The minimum atomic E-state index is 0.484. The fraction of sp³-hybridized carbons (Fsp3) is 0.200. The number of hydrogen-bond donors (Lipinski definition) is 1. The van der Waals surface area contributed by atoms with Gasteiger partial charge >= 0.3 is 0 Å². The molecule has 0 aromatic heterocycles. The minimum Gasteiger partial charge on any atom is -0.496 e. The van der Waals surface area contributed by atoms with Crippen molar-refractivity contribution in [3.05, 3.63) is 29.8 Å². The highest BCUT2D eigenvalue weighted by Gasteiger charge is 1.98. The van der Waals surface area contributed by atoms with Gasteiger partial charge in [-0.1, -0.05) is 12.2 Å². The van der Waals surface area contributed by atoms with Gasteiger partial charge in [0, 0.05) is 17.1 Å². The summed E-state index contributed by atoms with van der Waals surface area (Å²) in [5.74, 6) is 1.29. The zero-order chi connectivity index (χ0) is 9.68. The molecular weight excluding hydrogens is 186 g/mol. The van der Waals surface area contributed by atoms with Crippen LogP contribution in [-0.2, 0) is 0 Å². The van der Waals surface area contributed by atoms with Crippen LogP contribution in [0, 0.1) is 0 Å². The Morgan fingerprint density at radius 2 is 2.31 bits per heavy atom. The zero-order valence-corrected chi connectivity index (χ0v) is 8.21. The van der Waals surface area contributed by atoms with E-state index in [0.717, 1.165) is 17.0 Å². The van der Waals surface area contributed by atoms with Crippen molar-refractivity contribution in [2.75, 3.05) is 18.7 Å². The Balaban J connectivity index is 3.01. The van der Waals surface area contributed by atoms with Crippen LogP contribution in [0.15, 0.2) is 24.3 Å². The third-order valence-corrected chi connectivity index (χ3v) is 1.82. The summed E-state index contributed by atoms with van der Waals surface area (Å²) < 4.78 is 5.15. The van der Waals surface area contributed by atoms with Gasteiger partial charge in [-0.05, 0) is 18.2 Å². The van der Waals surface area contributed by atoms with Crippen molar-refractivity contribution < 1.29 is 4.74 Å². The third kappa shape index (κ3) is 2.67. The topological polar surface area (TPSA) is 35.2 Å². The number of alkyl halides is 1. The second-order valence-corrected chi connectivity index (χ2v) is 2.87. The normalized spacial score (nSPS) is 10.6. The van der Waals surface area contributed by atoms with Crippen molar-refractivity contribution in [1.29, 1.82) is 0 Å². The standard InChI is InChI=1S/C10H12ClNO/c1-13-10-5-4-9(12)7-8(10)3-2-6-11/h2-5,7H,6,12H2,1H3. The highest BCUT2D eigenvalue weighted by Crippen LogP contribution is 2.22. The predicted octanol–water partition coefficient (Wildman–Crippen LogP) is 2.53. The SMILES string of the molecule is COc1ccc(N)cc1C=CCCl. The van der Waals surface area contributed by atoms with Crippen LogP contribution in [0.25, 0.3) is 6.08 Å². The van der Waals surface area contributed by atoms with E-state index >= 15 is 0 Å². The van der Waals surface area contributed by atoms with Crippen LogP contribution in [-0.4, -0.2) is 13.0 Å². The van der Waals surface area contributed by atoms with Gasteiger partial charge in [0.1, 0.15) is 5.75 Å². The van der Waals surface area contributed by atoms with Crippen LogP contribution in [0.3, 0.4) is 0 Å². The Bertz CT molecular complexity index is 310. The second-order valence-electron chi connectivity index (χ2n) is 2.56. The van der Waals surface area contributed by atoms with Gasteiger partial charge in [-0.25, -0.2) is 0 Å². The number of rotatable bonds is 3. The molecule has 2 N–H and O–H groups in total. The summed E-state index contributed by atoms with van der Waals surface area (Å²) in [7, 11) is 1.63. The van der Waals surface area contributed by atoms with Crippen LogP contribution >= 0.6 is 11.6 Å². The van der Waals surface area contributed by atoms with Gasteiger partial charge in [0.25, 0.3) is 0 Å². The first-order valence-corrected chi connectivity index (χ1v) is 4.47. The lowest BCUT2D eigenvalue weighted by Crippen LogP contribution is -1.90. The average molecular weight is 198 g/mol. The number of nitrogens with two attached hydrogens (primary N) is 1. The number of ether oxygens (including phenoxy) is 1. The van der Waals surface area contributed by atoms with E-state index in [1.54, 1.807) is 13.2 Å². The Kier molecular flexibility index (Phi) is 3.65. The number of hydrogen-bond acceptors (Lipinski definition) is 2. The van der Waals surface area contributed by atoms with Crippen LogP contribution in [0.2, 0.25) is 0 Å². The molecule has 1 aromatic rings. The molecule has 70 valence electrons. The van der Waals surface area contributed by atoms with Gasteiger partial charge in [-0.15, -0.1) is 11.6 Å². The lowest BCUT2D eigenvalue weighted by Gasteiger charge is -2.04. The van der Waals surface area contributed by atoms with Crippen LogP contribution < -0.4 is 10.5 Å². The molecule has 0 bridgehead atoms. The number of nitrogen functional groups attached to an aromatic ring is 1. The van der Waals surface area contributed by atoms with E-state index in [4.69, 9.17) is 22.1 Å². The molecule has 0 radical (unpaired) electrons. The van der Waals surface area contributed by atoms with Crippen molar-refractivity contribution in [2.24, 2.45) is 0 Å². The minimum absolute atomic E-state index is 0.484. The van der Waals surface area contributed by atoms with Gasteiger partial charge in [0.2, 0.25) is 0 Å². The molecule has 0 heterocycles. The molecule has 1 rings (SSSR count). The molecule has 0 fully saturated rings. The summed E-state index contributed by atoms with van der Waals surface area (Å²) in [5, 5.41) is 0. The van der Waals surface area contributed by atoms with Crippen LogP contribution in [0.5, 0.6) is 5.75 Å². The largest absolute Gasteiger partial charge is 0.496 e. The highest BCUT2D eigenvalue weighted by atomic mass is 35.5. The maximum Gasteiger partial charge on any atom is 0.126 e. The molecule has 0 aliphatic rings. The lowest BCUT2D eigenvalue weighted by atomic mass is 10.1. The molecule has 0 amide bonds.